The molecule has 1 fully saturated rings. The number of ether oxygens (including phenoxy) is 1. The van der Waals surface area contributed by atoms with Crippen molar-refractivity contribution in [2.75, 3.05) is 36.9 Å². The minimum Gasteiger partial charge on any atom is -0.462 e. The molecule has 7 heteroatoms. The number of halogens is 2. The molecule has 0 spiro atoms. The van der Waals surface area contributed by atoms with Gasteiger partial charge in [0.05, 0.1) is 7.11 Å². The van der Waals surface area contributed by atoms with E-state index < -0.39 is 0 Å². The molecule has 176 valence electrons. The number of benzene rings is 1. The van der Waals surface area contributed by atoms with Crippen LogP contribution in [0.2, 0.25) is 0 Å². The van der Waals surface area contributed by atoms with Gasteiger partial charge in [-0.15, -0.1) is 23.2 Å². The van der Waals surface area contributed by atoms with Gasteiger partial charge in [0.1, 0.15) is 6.10 Å². The molecule has 0 atom stereocenters. The van der Waals surface area contributed by atoms with Crippen molar-refractivity contribution in [2.45, 2.75) is 77.0 Å². The number of carbonyl (C=O) groups excluding carboxylic acids is 1. The van der Waals surface area contributed by atoms with E-state index in [2.05, 4.69) is 56.9 Å². The Morgan fingerprint density at radius 1 is 1.06 bits per heavy atom. The lowest BCUT2D eigenvalue weighted by molar-refractivity contribution is -0.278. The van der Waals surface area contributed by atoms with Crippen molar-refractivity contribution >= 4 is 34.9 Å². The molecule has 0 saturated carbocycles. The monoisotopic (exact) mass is 472 g/mol. The summed E-state index contributed by atoms with van der Waals surface area (Å²) < 4.78 is 5.84. The molecular weight excluding hydrogens is 435 g/mol. The van der Waals surface area contributed by atoms with Gasteiger partial charge in [-0.25, -0.2) is 0 Å². The Morgan fingerprint density at radius 2 is 1.61 bits per heavy atom. The van der Waals surface area contributed by atoms with Crippen molar-refractivity contribution in [3.63, 3.8) is 0 Å². The molecule has 0 N–H and O–H groups in total. The number of hydrogen-bond acceptors (Lipinski definition) is 5. The molecule has 1 heterocycles. The topological polar surface area (TPSA) is 42.0 Å². The number of carbonyl (C=O) groups is 1. The van der Waals surface area contributed by atoms with Gasteiger partial charge in [0, 0.05) is 60.9 Å². The first-order valence-corrected chi connectivity index (χ1v) is 12.2. The highest BCUT2D eigenvalue weighted by Gasteiger charge is 2.47. The van der Waals surface area contributed by atoms with Crippen LogP contribution in [0.25, 0.3) is 0 Å². The molecule has 0 aromatic heterocycles. The molecule has 0 aliphatic carbocycles. The summed E-state index contributed by atoms with van der Waals surface area (Å²) in [4.78, 5) is 20.3. The van der Waals surface area contributed by atoms with Crippen LogP contribution < -0.4 is 4.90 Å². The lowest BCUT2D eigenvalue weighted by Gasteiger charge is -2.52. The predicted molar refractivity (Wildman–Crippen MR) is 129 cm³/mol. The van der Waals surface area contributed by atoms with Crippen LogP contribution in [0.3, 0.4) is 0 Å². The van der Waals surface area contributed by atoms with Crippen molar-refractivity contribution in [3.8, 4) is 0 Å². The molecule has 1 aliphatic heterocycles. The zero-order valence-corrected chi connectivity index (χ0v) is 21.1. The third-order valence-electron chi connectivity index (χ3n) is 5.89. The number of esters is 1. The van der Waals surface area contributed by atoms with Gasteiger partial charge in [0.15, 0.2) is 0 Å². The summed E-state index contributed by atoms with van der Waals surface area (Å²) in [5, 5.41) is 2.02. The SMILES string of the molecule is CON1C(C)(C)CC(OC(=O)CCCc2ccc(N(CCCl)CCCl)cc2)CC1(C)C. The molecule has 1 aromatic rings. The first-order chi connectivity index (χ1) is 14.6. The number of rotatable bonds is 11. The van der Waals surface area contributed by atoms with Crippen LogP contribution >= 0.6 is 23.2 Å². The molecule has 5 nitrogen and oxygen atoms in total. The number of hydroxylamine groups is 2. The van der Waals surface area contributed by atoms with E-state index in [9.17, 15) is 4.79 Å². The molecule has 0 amide bonds. The molecule has 1 aromatic carbocycles. The maximum absolute atomic E-state index is 12.5. The van der Waals surface area contributed by atoms with E-state index in [4.69, 9.17) is 32.8 Å². The van der Waals surface area contributed by atoms with Crippen molar-refractivity contribution in [2.24, 2.45) is 0 Å². The summed E-state index contributed by atoms with van der Waals surface area (Å²) in [5.41, 5.74) is 1.95. The molecule has 1 aliphatic rings. The lowest BCUT2D eigenvalue weighted by atomic mass is 9.80. The molecular formula is C24H38Cl2N2O3. The standard InChI is InChI=1S/C24H38Cl2N2O3/c1-23(2)17-21(18-24(3,4)28(23)30-5)31-22(29)8-6-7-19-9-11-20(12-10-19)27(15-13-25)16-14-26/h9-12,21H,6-8,13-18H2,1-5H3. The van der Waals surface area contributed by atoms with Crippen molar-refractivity contribution < 1.29 is 14.4 Å². The average Bonchev–Trinajstić information content (AvgIpc) is 2.67. The fourth-order valence-electron chi connectivity index (χ4n) is 4.88. The lowest BCUT2D eigenvalue weighted by Crippen LogP contribution is -2.61. The Morgan fingerprint density at radius 3 is 2.10 bits per heavy atom. The van der Waals surface area contributed by atoms with Gasteiger partial charge in [-0.2, -0.15) is 5.06 Å². The van der Waals surface area contributed by atoms with Gasteiger partial charge in [0.25, 0.3) is 0 Å². The van der Waals surface area contributed by atoms with E-state index in [1.165, 1.54) is 5.56 Å². The van der Waals surface area contributed by atoms with E-state index in [1.807, 2.05) is 5.06 Å². The molecule has 1 saturated heterocycles. The smallest absolute Gasteiger partial charge is 0.306 e. The number of hydrogen-bond donors (Lipinski definition) is 0. The van der Waals surface area contributed by atoms with Crippen molar-refractivity contribution in [3.05, 3.63) is 29.8 Å². The predicted octanol–water partition coefficient (Wildman–Crippen LogP) is 5.42. The van der Waals surface area contributed by atoms with Gasteiger partial charge in [-0.05, 0) is 58.2 Å². The maximum Gasteiger partial charge on any atom is 0.306 e. The number of aryl methyl sites for hydroxylation is 1. The number of nitrogens with zero attached hydrogens (tertiary/aromatic N) is 2. The van der Waals surface area contributed by atoms with Crippen molar-refractivity contribution in [1.82, 2.24) is 5.06 Å². The normalized spacial score (nSPS) is 18.7. The second-order valence-corrected chi connectivity index (χ2v) is 10.3. The van der Waals surface area contributed by atoms with E-state index in [0.717, 1.165) is 44.5 Å². The van der Waals surface area contributed by atoms with Crippen molar-refractivity contribution in [1.29, 1.82) is 0 Å². The largest absolute Gasteiger partial charge is 0.462 e. The van der Waals surface area contributed by atoms with Crippen LogP contribution in [0.15, 0.2) is 24.3 Å². The van der Waals surface area contributed by atoms with Crippen LogP contribution in [0.5, 0.6) is 0 Å². The minimum absolute atomic E-state index is 0.0852. The van der Waals surface area contributed by atoms with Crippen LogP contribution in [-0.4, -0.2) is 60.2 Å². The Kier molecular flexibility index (Phi) is 9.94. The summed E-state index contributed by atoms with van der Waals surface area (Å²) in [7, 11) is 1.70. The van der Waals surface area contributed by atoms with E-state index in [0.29, 0.717) is 18.2 Å². The minimum atomic E-state index is -0.190. The maximum atomic E-state index is 12.5. The second-order valence-electron chi connectivity index (χ2n) is 9.51. The first-order valence-electron chi connectivity index (χ1n) is 11.1. The number of piperidine rings is 1. The summed E-state index contributed by atoms with van der Waals surface area (Å²) >= 11 is 11.8. The fraction of sp³-hybridized carbons (Fsp3) is 0.708. The molecule has 0 bridgehead atoms. The molecule has 2 rings (SSSR count). The summed E-state index contributed by atoms with van der Waals surface area (Å²) in [6.07, 6.45) is 3.49. The third kappa shape index (κ3) is 7.52. The van der Waals surface area contributed by atoms with E-state index >= 15 is 0 Å². The van der Waals surface area contributed by atoms with Crippen LogP contribution in [0.1, 0.15) is 58.9 Å². The molecule has 31 heavy (non-hydrogen) atoms. The zero-order chi connectivity index (χ0) is 23.1. The van der Waals surface area contributed by atoms with Crippen LogP contribution in [0.4, 0.5) is 5.69 Å². The molecule has 0 unspecified atom stereocenters. The highest BCUT2D eigenvalue weighted by molar-refractivity contribution is 6.18. The van der Waals surface area contributed by atoms with E-state index in [1.54, 1.807) is 7.11 Å². The first kappa shape index (κ1) is 26.2. The molecule has 0 radical (unpaired) electrons. The fourth-order valence-corrected chi connectivity index (χ4v) is 5.29. The average molecular weight is 473 g/mol. The summed E-state index contributed by atoms with van der Waals surface area (Å²) in [6.45, 7) is 10.1. The Bertz CT molecular complexity index is 671. The second kappa shape index (κ2) is 11.7. The Hall–Kier alpha value is -1.01. The van der Waals surface area contributed by atoms with Gasteiger partial charge in [0.2, 0.25) is 0 Å². The third-order valence-corrected chi connectivity index (χ3v) is 6.23. The van der Waals surface area contributed by atoms with Gasteiger partial charge in [-0.1, -0.05) is 12.1 Å². The Labute approximate surface area is 197 Å². The number of alkyl halides is 2. The zero-order valence-electron chi connectivity index (χ0n) is 19.6. The van der Waals surface area contributed by atoms with Crippen LogP contribution in [-0.2, 0) is 20.8 Å². The summed E-state index contributed by atoms with van der Waals surface area (Å²) in [6, 6.07) is 8.42. The highest BCUT2D eigenvalue weighted by atomic mass is 35.5. The van der Waals surface area contributed by atoms with Crippen LogP contribution in [0, 0.1) is 0 Å². The van der Waals surface area contributed by atoms with Gasteiger partial charge < -0.3 is 14.5 Å². The van der Waals surface area contributed by atoms with Gasteiger partial charge >= 0.3 is 5.97 Å². The van der Waals surface area contributed by atoms with Gasteiger partial charge in [-0.3, -0.25) is 4.79 Å². The van der Waals surface area contributed by atoms with E-state index in [-0.39, 0.29) is 23.2 Å². The number of anilines is 1. The quantitative estimate of drug-likeness (QED) is 0.317. The Balaban J connectivity index is 1.82. The highest BCUT2D eigenvalue weighted by Crippen LogP contribution is 2.39. The summed E-state index contributed by atoms with van der Waals surface area (Å²) in [5.74, 6) is 1.02.